The van der Waals surface area contributed by atoms with Gasteiger partial charge in [0, 0.05) is 25.2 Å². The Morgan fingerprint density at radius 2 is 1.84 bits per heavy atom. The number of carbonyl (C=O) groups is 1. The van der Waals surface area contributed by atoms with Crippen molar-refractivity contribution in [1.82, 2.24) is 14.9 Å². The summed E-state index contributed by atoms with van der Waals surface area (Å²) in [6.45, 7) is 4.77. The molecule has 0 saturated heterocycles. The molecule has 0 aliphatic carbocycles. The van der Waals surface area contributed by atoms with E-state index >= 15 is 0 Å². The number of benzene rings is 2. The molecule has 0 bridgehead atoms. The lowest BCUT2D eigenvalue weighted by atomic mass is 9.97. The molecule has 1 amide bonds. The molecular weight excluding hydrogens is 405 g/mol. The third kappa shape index (κ3) is 5.73. The number of imidazole rings is 1. The third-order valence-electron chi connectivity index (χ3n) is 5.06. The van der Waals surface area contributed by atoms with E-state index in [1.54, 1.807) is 10.8 Å². The van der Waals surface area contributed by atoms with E-state index in [0.29, 0.717) is 12.2 Å². The normalized spacial score (nSPS) is 12.1. The number of amides is 1. The van der Waals surface area contributed by atoms with Crippen LogP contribution in [0.15, 0.2) is 42.9 Å². The zero-order valence-electron chi connectivity index (χ0n) is 17.7. The van der Waals surface area contributed by atoms with Gasteiger partial charge in [-0.15, -0.1) is 0 Å². The van der Waals surface area contributed by atoms with Gasteiger partial charge in [-0.3, -0.25) is 4.79 Å². The Balaban J connectivity index is 1.59. The molecule has 0 aliphatic heterocycles. The predicted molar refractivity (Wildman–Crippen MR) is 113 cm³/mol. The number of anilines is 1. The van der Waals surface area contributed by atoms with Crippen LogP contribution in [0.5, 0.6) is 0 Å². The van der Waals surface area contributed by atoms with Gasteiger partial charge in [0.05, 0.1) is 6.33 Å². The summed E-state index contributed by atoms with van der Waals surface area (Å²) in [6, 6.07) is 8.05. The molecule has 0 spiro atoms. The van der Waals surface area contributed by atoms with Gasteiger partial charge in [-0.05, 0) is 54.8 Å². The molecule has 0 saturated carbocycles. The van der Waals surface area contributed by atoms with Gasteiger partial charge in [-0.2, -0.15) is 0 Å². The number of nitrogens with one attached hydrogen (secondary N) is 2. The van der Waals surface area contributed by atoms with Crippen LogP contribution in [0.1, 0.15) is 29.2 Å². The zero-order valence-corrected chi connectivity index (χ0v) is 17.7. The van der Waals surface area contributed by atoms with E-state index in [1.165, 1.54) is 17.5 Å². The Bertz CT molecular complexity index is 1060. The number of halogens is 3. The standard InChI is InChI=1S/C23H25F3N4O/c1-14-6-16(4-5-18(14)10-27-3)7-15(2)23(31)29-21-12-30(13-28-21)11-17-8-19(24)22(26)20(25)9-17/h4-6,8-9,12-13,15,27H,7,10-11H2,1-3H3,(H,29,31). The Hall–Kier alpha value is -3.13. The van der Waals surface area contributed by atoms with Crippen LogP contribution in [-0.4, -0.2) is 22.5 Å². The average Bonchev–Trinajstić information content (AvgIpc) is 3.14. The fraction of sp³-hybridized carbons (Fsp3) is 0.304. The van der Waals surface area contributed by atoms with Crippen LogP contribution in [0.25, 0.3) is 0 Å². The second kappa shape index (κ2) is 9.78. The number of hydrogen-bond acceptors (Lipinski definition) is 3. The highest BCUT2D eigenvalue weighted by Gasteiger charge is 2.16. The van der Waals surface area contributed by atoms with Crippen LogP contribution >= 0.6 is 0 Å². The molecule has 164 valence electrons. The summed E-state index contributed by atoms with van der Waals surface area (Å²) >= 11 is 0. The number of rotatable bonds is 8. The molecular formula is C23H25F3N4O. The van der Waals surface area contributed by atoms with Gasteiger partial charge in [-0.1, -0.05) is 25.1 Å². The quantitative estimate of drug-likeness (QED) is 0.527. The van der Waals surface area contributed by atoms with Crippen molar-refractivity contribution in [2.24, 2.45) is 5.92 Å². The Morgan fingerprint density at radius 1 is 1.13 bits per heavy atom. The molecule has 3 rings (SSSR count). The highest BCUT2D eigenvalue weighted by molar-refractivity contribution is 5.91. The van der Waals surface area contributed by atoms with Crippen LogP contribution in [0, 0.1) is 30.3 Å². The predicted octanol–water partition coefficient (Wildman–Crippen LogP) is 4.19. The van der Waals surface area contributed by atoms with Crippen LogP contribution in [0.2, 0.25) is 0 Å². The second-order valence-corrected chi connectivity index (χ2v) is 7.69. The number of aromatic nitrogens is 2. The van der Waals surface area contributed by atoms with Crippen LogP contribution in [-0.2, 0) is 24.3 Å². The van der Waals surface area contributed by atoms with Gasteiger partial charge < -0.3 is 15.2 Å². The lowest BCUT2D eigenvalue weighted by Gasteiger charge is -2.13. The number of nitrogens with zero attached hydrogens (tertiary/aromatic N) is 2. The molecule has 1 atom stereocenters. The van der Waals surface area contributed by atoms with Crippen molar-refractivity contribution in [3.8, 4) is 0 Å². The first-order valence-corrected chi connectivity index (χ1v) is 9.96. The van der Waals surface area contributed by atoms with Crippen LogP contribution < -0.4 is 10.6 Å². The summed E-state index contributed by atoms with van der Waals surface area (Å²) in [6.07, 6.45) is 3.57. The minimum Gasteiger partial charge on any atom is -0.331 e. The van der Waals surface area contributed by atoms with Crippen molar-refractivity contribution >= 4 is 11.7 Å². The maximum atomic E-state index is 13.4. The van der Waals surface area contributed by atoms with E-state index in [-0.39, 0.29) is 23.9 Å². The molecule has 0 aliphatic rings. The molecule has 0 fully saturated rings. The SMILES string of the molecule is CNCc1ccc(CC(C)C(=O)Nc2cn(Cc3cc(F)c(F)c(F)c3)cn2)cc1C. The first-order valence-electron chi connectivity index (χ1n) is 9.96. The Kier molecular flexibility index (Phi) is 7.12. The fourth-order valence-electron chi connectivity index (χ4n) is 3.39. The minimum absolute atomic E-state index is 0.0881. The number of carbonyl (C=O) groups excluding carboxylic acids is 1. The highest BCUT2D eigenvalue weighted by atomic mass is 19.2. The van der Waals surface area contributed by atoms with E-state index in [0.717, 1.165) is 24.2 Å². The van der Waals surface area contributed by atoms with Gasteiger partial charge >= 0.3 is 0 Å². The van der Waals surface area contributed by atoms with Crippen molar-refractivity contribution in [2.45, 2.75) is 33.4 Å². The highest BCUT2D eigenvalue weighted by Crippen LogP contribution is 2.17. The fourth-order valence-corrected chi connectivity index (χ4v) is 3.39. The van der Waals surface area contributed by atoms with Crippen LogP contribution in [0.3, 0.4) is 0 Å². The molecule has 3 aromatic rings. The summed E-state index contributed by atoms with van der Waals surface area (Å²) in [5, 5.41) is 5.89. The molecule has 5 nitrogen and oxygen atoms in total. The van der Waals surface area contributed by atoms with Crippen LogP contribution in [0.4, 0.5) is 19.0 Å². The maximum Gasteiger partial charge on any atom is 0.228 e. The lowest BCUT2D eigenvalue weighted by Crippen LogP contribution is -2.22. The van der Waals surface area contributed by atoms with Crippen molar-refractivity contribution in [3.63, 3.8) is 0 Å². The second-order valence-electron chi connectivity index (χ2n) is 7.69. The first-order chi connectivity index (χ1) is 14.8. The van der Waals surface area contributed by atoms with E-state index < -0.39 is 17.5 Å². The van der Waals surface area contributed by atoms with Crippen molar-refractivity contribution in [2.75, 3.05) is 12.4 Å². The summed E-state index contributed by atoms with van der Waals surface area (Å²) in [5.74, 6) is -4.11. The van der Waals surface area contributed by atoms with Gasteiger partial charge in [0.2, 0.25) is 5.91 Å². The van der Waals surface area contributed by atoms with E-state index in [4.69, 9.17) is 0 Å². The molecule has 2 aromatic carbocycles. The molecule has 31 heavy (non-hydrogen) atoms. The summed E-state index contributed by atoms with van der Waals surface area (Å²) in [7, 11) is 1.90. The van der Waals surface area contributed by atoms with E-state index in [2.05, 4.69) is 27.8 Å². The topological polar surface area (TPSA) is 59.0 Å². The van der Waals surface area contributed by atoms with Gasteiger partial charge in [0.15, 0.2) is 23.3 Å². The summed E-state index contributed by atoms with van der Waals surface area (Å²) in [5.41, 5.74) is 3.71. The Labute approximate surface area is 179 Å². The van der Waals surface area contributed by atoms with E-state index in [9.17, 15) is 18.0 Å². The molecule has 1 unspecified atom stereocenters. The molecule has 1 aromatic heterocycles. The largest absolute Gasteiger partial charge is 0.331 e. The summed E-state index contributed by atoms with van der Waals surface area (Å²) < 4.78 is 41.4. The Morgan fingerprint density at radius 3 is 2.48 bits per heavy atom. The number of hydrogen-bond donors (Lipinski definition) is 2. The van der Waals surface area contributed by atoms with Gasteiger partial charge in [-0.25, -0.2) is 18.2 Å². The maximum absolute atomic E-state index is 13.4. The molecule has 8 heteroatoms. The van der Waals surface area contributed by atoms with Gasteiger partial charge in [0.1, 0.15) is 0 Å². The van der Waals surface area contributed by atoms with Crippen molar-refractivity contribution < 1.29 is 18.0 Å². The zero-order chi connectivity index (χ0) is 22.5. The molecule has 1 heterocycles. The first kappa shape index (κ1) is 22.6. The lowest BCUT2D eigenvalue weighted by molar-refractivity contribution is -0.119. The van der Waals surface area contributed by atoms with Crippen molar-refractivity contribution in [3.05, 3.63) is 82.6 Å². The monoisotopic (exact) mass is 430 g/mol. The van der Waals surface area contributed by atoms with Crippen molar-refractivity contribution in [1.29, 1.82) is 0 Å². The number of aryl methyl sites for hydroxylation is 1. The average molecular weight is 430 g/mol. The minimum atomic E-state index is -1.50. The van der Waals surface area contributed by atoms with E-state index in [1.807, 2.05) is 27.0 Å². The molecule has 0 radical (unpaired) electrons. The summed E-state index contributed by atoms with van der Waals surface area (Å²) in [4.78, 5) is 16.7. The van der Waals surface area contributed by atoms with Gasteiger partial charge in [0.25, 0.3) is 0 Å². The third-order valence-corrected chi connectivity index (χ3v) is 5.06. The molecule has 2 N–H and O–H groups in total. The smallest absolute Gasteiger partial charge is 0.228 e.